The number of aryl methyl sites for hydroxylation is 1. The number of benzene rings is 1. The van der Waals surface area contributed by atoms with Crippen LogP contribution in [0.4, 0.5) is 10.1 Å². The number of anilines is 1. The lowest BCUT2D eigenvalue weighted by atomic mass is 10.1. The smallest absolute Gasteiger partial charge is 0.338 e. The van der Waals surface area contributed by atoms with Gasteiger partial charge in [0.1, 0.15) is 5.82 Å². The first-order valence-electron chi connectivity index (χ1n) is 6.35. The van der Waals surface area contributed by atoms with Gasteiger partial charge in [-0.15, -0.1) is 0 Å². The molecule has 0 fully saturated rings. The van der Waals surface area contributed by atoms with Gasteiger partial charge in [-0.1, -0.05) is 0 Å². The molecule has 1 amide bonds. The molecular formula is C15H14FNO4. The maximum atomic E-state index is 13.9. The Morgan fingerprint density at radius 1 is 1.38 bits per heavy atom. The summed E-state index contributed by atoms with van der Waals surface area (Å²) in [5.41, 5.74) is 0.528. The minimum absolute atomic E-state index is 0.0488. The fourth-order valence-electron chi connectivity index (χ4n) is 1.79. The number of hydrogen-bond donors (Lipinski definition) is 1. The van der Waals surface area contributed by atoms with Gasteiger partial charge in [-0.2, -0.15) is 0 Å². The molecule has 0 unspecified atom stereocenters. The summed E-state index contributed by atoms with van der Waals surface area (Å²) in [7, 11) is 0. The van der Waals surface area contributed by atoms with Crippen LogP contribution in [-0.2, 0) is 4.74 Å². The van der Waals surface area contributed by atoms with Crippen molar-refractivity contribution in [1.82, 2.24) is 0 Å². The van der Waals surface area contributed by atoms with Crippen LogP contribution in [0.15, 0.2) is 34.9 Å². The van der Waals surface area contributed by atoms with E-state index in [-0.39, 0.29) is 23.6 Å². The average Bonchev–Trinajstić information content (AvgIpc) is 2.96. The molecule has 1 N–H and O–H groups in total. The van der Waals surface area contributed by atoms with Gasteiger partial charge in [0.25, 0.3) is 5.91 Å². The van der Waals surface area contributed by atoms with Crippen LogP contribution in [-0.4, -0.2) is 18.5 Å². The fourth-order valence-corrected chi connectivity index (χ4v) is 1.79. The van der Waals surface area contributed by atoms with E-state index < -0.39 is 17.7 Å². The van der Waals surface area contributed by atoms with E-state index in [4.69, 9.17) is 9.15 Å². The Morgan fingerprint density at radius 2 is 2.14 bits per heavy atom. The Hall–Kier alpha value is -2.63. The Balaban J connectivity index is 2.29. The van der Waals surface area contributed by atoms with Crippen LogP contribution in [0.2, 0.25) is 0 Å². The molecule has 110 valence electrons. The Morgan fingerprint density at radius 3 is 2.76 bits per heavy atom. The van der Waals surface area contributed by atoms with Crippen LogP contribution in [0.25, 0.3) is 0 Å². The zero-order chi connectivity index (χ0) is 15.4. The lowest BCUT2D eigenvalue weighted by Gasteiger charge is -2.10. The molecule has 0 saturated heterocycles. The van der Waals surface area contributed by atoms with E-state index in [1.165, 1.54) is 24.5 Å². The first kappa shape index (κ1) is 14.8. The number of halogens is 1. The second-order valence-electron chi connectivity index (χ2n) is 4.30. The highest BCUT2D eigenvalue weighted by molar-refractivity contribution is 6.03. The average molecular weight is 291 g/mol. The van der Waals surface area contributed by atoms with E-state index >= 15 is 0 Å². The minimum Gasteiger partial charge on any atom is -0.462 e. The maximum absolute atomic E-state index is 13.9. The molecule has 6 heteroatoms. The summed E-state index contributed by atoms with van der Waals surface area (Å²) < 4.78 is 23.7. The van der Waals surface area contributed by atoms with E-state index in [0.717, 1.165) is 0 Å². The lowest BCUT2D eigenvalue weighted by Crippen LogP contribution is -2.14. The highest BCUT2D eigenvalue weighted by Gasteiger charge is 2.17. The number of furan rings is 1. The SMILES string of the molecule is CCOC(=O)c1cc(NC(=O)c2ccco2)c(F)cc1C. The van der Waals surface area contributed by atoms with Gasteiger partial charge in [0.15, 0.2) is 5.76 Å². The Labute approximate surface area is 120 Å². The van der Waals surface area contributed by atoms with E-state index in [2.05, 4.69) is 5.32 Å². The third kappa shape index (κ3) is 3.28. The molecule has 0 saturated carbocycles. The van der Waals surface area contributed by atoms with E-state index in [0.29, 0.717) is 5.56 Å². The molecule has 2 rings (SSSR count). The predicted molar refractivity (Wildman–Crippen MR) is 73.8 cm³/mol. The van der Waals surface area contributed by atoms with E-state index in [1.807, 2.05) is 0 Å². The molecule has 0 atom stereocenters. The summed E-state index contributed by atoms with van der Waals surface area (Å²) in [5, 5.41) is 2.36. The number of nitrogens with one attached hydrogen (secondary N) is 1. The van der Waals surface area contributed by atoms with Crippen molar-refractivity contribution < 1.29 is 23.1 Å². The number of carbonyl (C=O) groups is 2. The van der Waals surface area contributed by atoms with Gasteiger partial charge in [-0.05, 0) is 43.7 Å². The highest BCUT2D eigenvalue weighted by atomic mass is 19.1. The first-order valence-corrected chi connectivity index (χ1v) is 6.35. The molecular weight excluding hydrogens is 277 g/mol. The van der Waals surface area contributed by atoms with Crippen molar-refractivity contribution >= 4 is 17.6 Å². The van der Waals surface area contributed by atoms with Gasteiger partial charge < -0.3 is 14.5 Å². The first-order chi connectivity index (χ1) is 10.0. The van der Waals surface area contributed by atoms with Gasteiger partial charge in [-0.25, -0.2) is 9.18 Å². The zero-order valence-corrected chi connectivity index (χ0v) is 11.6. The summed E-state index contributed by atoms with van der Waals surface area (Å²) >= 11 is 0. The van der Waals surface area contributed by atoms with Crippen molar-refractivity contribution in [3.63, 3.8) is 0 Å². The van der Waals surface area contributed by atoms with Crippen molar-refractivity contribution in [2.24, 2.45) is 0 Å². The molecule has 1 aromatic heterocycles. The summed E-state index contributed by atoms with van der Waals surface area (Å²) in [6, 6.07) is 5.42. The molecule has 2 aromatic rings. The van der Waals surface area contributed by atoms with Crippen molar-refractivity contribution in [3.8, 4) is 0 Å². The maximum Gasteiger partial charge on any atom is 0.338 e. The zero-order valence-electron chi connectivity index (χ0n) is 11.6. The molecule has 0 radical (unpaired) electrons. The number of hydrogen-bond acceptors (Lipinski definition) is 4. The van der Waals surface area contributed by atoms with Crippen LogP contribution in [0.3, 0.4) is 0 Å². The fraction of sp³-hybridized carbons (Fsp3) is 0.200. The standard InChI is InChI=1S/C15H14FNO4/c1-3-20-15(19)10-8-12(11(16)7-9(10)2)17-14(18)13-5-4-6-21-13/h4-8H,3H2,1-2H3,(H,17,18). The summed E-state index contributed by atoms with van der Waals surface area (Å²) in [5.74, 6) is -1.76. The summed E-state index contributed by atoms with van der Waals surface area (Å²) in [6.45, 7) is 3.48. The molecule has 0 bridgehead atoms. The summed E-state index contributed by atoms with van der Waals surface area (Å²) in [6.07, 6.45) is 1.34. The molecule has 0 aliphatic rings. The molecule has 1 heterocycles. The van der Waals surface area contributed by atoms with Gasteiger partial charge >= 0.3 is 5.97 Å². The van der Waals surface area contributed by atoms with Crippen molar-refractivity contribution in [2.45, 2.75) is 13.8 Å². The van der Waals surface area contributed by atoms with Crippen LogP contribution in [0, 0.1) is 12.7 Å². The van der Waals surface area contributed by atoms with E-state index in [9.17, 15) is 14.0 Å². The molecule has 0 spiro atoms. The van der Waals surface area contributed by atoms with Gasteiger partial charge in [0, 0.05) is 0 Å². The molecule has 5 nitrogen and oxygen atoms in total. The molecule has 1 aromatic carbocycles. The van der Waals surface area contributed by atoms with Crippen molar-refractivity contribution in [1.29, 1.82) is 0 Å². The predicted octanol–water partition coefficient (Wildman–Crippen LogP) is 3.16. The number of rotatable bonds is 4. The van der Waals surface area contributed by atoms with Gasteiger partial charge in [-0.3, -0.25) is 4.79 Å². The summed E-state index contributed by atoms with van der Waals surface area (Å²) in [4.78, 5) is 23.6. The Kier molecular flexibility index (Phi) is 4.37. The topological polar surface area (TPSA) is 68.5 Å². The van der Waals surface area contributed by atoms with Crippen LogP contribution in [0.5, 0.6) is 0 Å². The molecule has 0 aliphatic carbocycles. The van der Waals surface area contributed by atoms with Gasteiger partial charge in [0.2, 0.25) is 0 Å². The van der Waals surface area contributed by atoms with Crippen LogP contribution < -0.4 is 5.32 Å². The Bertz CT molecular complexity index is 665. The third-order valence-electron chi connectivity index (χ3n) is 2.80. The largest absolute Gasteiger partial charge is 0.462 e. The second-order valence-corrected chi connectivity index (χ2v) is 4.30. The van der Waals surface area contributed by atoms with Crippen LogP contribution in [0.1, 0.15) is 33.4 Å². The number of amides is 1. The quantitative estimate of drug-likeness (QED) is 0.879. The number of ether oxygens (including phenoxy) is 1. The normalized spacial score (nSPS) is 10.2. The monoisotopic (exact) mass is 291 g/mol. The number of esters is 1. The number of carbonyl (C=O) groups excluding carboxylic acids is 2. The third-order valence-corrected chi connectivity index (χ3v) is 2.80. The van der Waals surface area contributed by atoms with Crippen molar-refractivity contribution in [2.75, 3.05) is 11.9 Å². The second kappa shape index (κ2) is 6.21. The highest BCUT2D eigenvalue weighted by Crippen LogP contribution is 2.21. The van der Waals surface area contributed by atoms with Crippen LogP contribution >= 0.6 is 0 Å². The van der Waals surface area contributed by atoms with E-state index in [1.54, 1.807) is 19.9 Å². The van der Waals surface area contributed by atoms with Gasteiger partial charge in [0.05, 0.1) is 24.1 Å². The molecule has 0 aliphatic heterocycles. The minimum atomic E-state index is -0.638. The molecule has 21 heavy (non-hydrogen) atoms. The lowest BCUT2D eigenvalue weighted by molar-refractivity contribution is 0.0525. The van der Waals surface area contributed by atoms with Crippen molar-refractivity contribution in [3.05, 3.63) is 53.2 Å².